The summed E-state index contributed by atoms with van der Waals surface area (Å²) in [6.45, 7) is 3.96. The lowest BCUT2D eigenvalue weighted by Crippen LogP contribution is -2.39. The van der Waals surface area contributed by atoms with Crippen LogP contribution in [-0.4, -0.2) is 12.1 Å². The molecule has 0 aromatic heterocycles. The van der Waals surface area contributed by atoms with Crippen molar-refractivity contribution in [3.63, 3.8) is 0 Å². The van der Waals surface area contributed by atoms with Crippen LogP contribution in [0.5, 0.6) is 0 Å². The lowest BCUT2D eigenvalue weighted by atomic mass is 10.3. The Morgan fingerprint density at radius 3 is 2.69 bits per heavy atom. The molecule has 0 saturated heterocycles. The molecule has 3 heteroatoms. The Balaban J connectivity index is 2.84. The van der Waals surface area contributed by atoms with E-state index in [1.54, 1.807) is 4.58 Å². The molecule has 3 nitrogen and oxygen atoms in total. The van der Waals surface area contributed by atoms with Crippen molar-refractivity contribution in [2.75, 3.05) is 0 Å². The van der Waals surface area contributed by atoms with E-state index in [0.29, 0.717) is 0 Å². The molecular weight excluding hydrogens is 164 g/mol. The van der Waals surface area contributed by atoms with Crippen LogP contribution in [0.15, 0.2) is 29.3 Å². The van der Waals surface area contributed by atoms with Crippen molar-refractivity contribution in [3.05, 3.63) is 35.0 Å². The Kier molecular flexibility index (Phi) is 1.72. The van der Waals surface area contributed by atoms with Crippen LogP contribution in [0.4, 0.5) is 4.79 Å². The van der Waals surface area contributed by atoms with Gasteiger partial charge >= 0.3 is 6.03 Å². The number of hydrogen-bond acceptors (Lipinski definition) is 1. The van der Waals surface area contributed by atoms with Crippen molar-refractivity contribution in [1.29, 1.82) is 0 Å². The number of urea groups is 1. The molecule has 0 bridgehead atoms. The molecule has 0 spiro atoms. The molecule has 1 aromatic carbocycles. The predicted molar refractivity (Wildman–Crippen MR) is 49.0 cm³/mol. The van der Waals surface area contributed by atoms with Gasteiger partial charge in [0.1, 0.15) is 0 Å². The van der Waals surface area contributed by atoms with Crippen LogP contribution in [0.25, 0.3) is 0 Å². The zero-order valence-corrected chi connectivity index (χ0v) is 7.69. The van der Waals surface area contributed by atoms with Crippen molar-refractivity contribution in [3.8, 4) is 0 Å². The highest BCUT2D eigenvalue weighted by atomic mass is 16.2. The van der Waals surface area contributed by atoms with Gasteiger partial charge in [0.25, 0.3) is 0 Å². The molecule has 0 radical (unpaired) electrons. The largest absolute Gasteiger partial charge is 0.541 e. The molecule has 66 valence electrons. The molecule has 1 heterocycles. The van der Waals surface area contributed by atoms with Crippen LogP contribution >= 0.6 is 0 Å². The van der Waals surface area contributed by atoms with Gasteiger partial charge in [-0.15, -0.1) is 0 Å². The van der Waals surface area contributed by atoms with Crippen LogP contribution in [-0.2, 0) is 0 Å². The topological polar surface area (TPSA) is 32.4 Å². The average molecular weight is 175 g/mol. The quantitative estimate of drug-likeness (QED) is 0.566. The van der Waals surface area contributed by atoms with Gasteiger partial charge < -0.3 is 0 Å². The number of hydrogen-bond donors (Lipinski definition) is 0. The van der Waals surface area contributed by atoms with Crippen LogP contribution in [0, 0.1) is 0 Å². The minimum Gasteiger partial charge on any atom is -0.193 e. The molecule has 1 aliphatic heterocycles. The molecule has 0 atom stereocenters. The van der Waals surface area contributed by atoms with E-state index in [0.717, 1.165) is 10.7 Å². The summed E-state index contributed by atoms with van der Waals surface area (Å²) in [5.41, 5.74) is 0. The number of benzene rings is 1. The predicted octanol–water partition coefficient (Wildman–Crippen LogP) is 0.339. The smallest absolute Gasteiger partial charge is 0.193 e. The minimum absolute atomic E-state index is 0.156. The molecule has 1 aliphatic rings. The first-order valence-electron chi connectivity index (χ1n) is 4.34. The van der Waals surface area contributed by atoms with Crippen molar-refractivity contribution < 1.29 is 4.79 Å². The van der Waals surface area contributed by atoms with Crippen LogP contribution in [0.2, 0.25) is 0 Å². The molecule has 2 rings (SSSR count). The second-order valence-corrected chi connectivity index (χ2v) is 3.35. The van der Waals surface area contributed by atoms with E-state index in [1.807, 2.05) is 38.1 Å². The summed E-state index contributed by atoms with van der Waals surface area (Å²) in [5.74, 6) is 0. The maximum Gasteiger partial charge on any atom is 0.541 e. The van der Waals surface area contributed by atoms with Crippen molar-refractivity contribution in [2.45, 2.75) is 19.9 Å². The Morgan fingerprint density at radius 2 is 2.00 bits per heavy atom. The molecule has 13 heavy (non-hydrogen) atoms. The van der Waals surface area contributed by atoms with E-state index in [-0.39, 0.29) is 12.1 Å². The number of nitrogens with zero attached hydrogens (tertiary/aromatic N) is 2. The zero-order chi connectivity index (χ0) is 9.42. The van der Waals surface area contributed by atoms with E-state index < -0.39 is 0 Å². The van der Waals surface area contributed by atoms with Gasteiger partial charge in [-0.2, -0.15) is 9.37 Å². The second kappa shape index (κ2) is 2.76. The molecule has 0 fully saturated rings. The monoisotopic (exact) mass is 175 g/mol. The maximum atomic E-state index is 11.4. The van der Waals surface area contributed by atoms with E-state index in [9.17, 15) is 4.79 Å². The summed E-state index contributed by atoms with van der Waals surface area (Å²) >= 11 is 0. The molecular formula is C10H11N2O+. The first-order chi connectivity index (χ1) is 6.20. The fourth-order valence-corrected chi connectivity index (χ4v) is 1.52. The third kappa shape index (κ3) is 1.16. The summed E-state index contributed by atoms with van der Waals surface area (Å²) in [6.07, 6.45) is 0. The van der Waals surface area contributed by atoms with Crippen LogP contribution in [0.3, 0.4) is 0 Å². The summed E-state index contributed by atoms with van der Waals surface area (Å²) in [5, 5.41) is 1.70. The lowest BCUT2D eigenvalue weighted by molar-refractivity contribution is 0.241. The standard InChI is InChI=1S/C10H11N2O/c1-7(2)12-9-6-4-3-5-8(9)11-10(12)13/h3-7H,1-2H3/q+1. The average Bonchev–Trinajstić information content (AvgIpc) is 2.39. The molecule has 2 amide bonds. The van der Waals surface area contributed by atoms with E-state index in [1.165, 1.54) is 0 Å². The Morgan fingerprint density at radius 1 is 1.31 bits per heavy atom. The maximum absolute atomic E-state index is 11.4. The summed E-state index contributed by atoms with van der Waals surface area (Å²) < 4.78 is 1.70. The first kappa shape index (κ1) is 8.10. The molecule has 1 aromatic rings. The lowest BCUT2D eigenvalue weighted by Gasteiger charge is -1.99. The molecule has 0 aliphatic carbocycles. The molecule has 0 N–H and O–H groups in total. The van der Waals surface area contributed by atoms with Gasteiger partial charge in [-0.05, 0) is 26.0 Å². The fourth-order valence-electron chi connectivity index (χ4n) is 1.52. The highest BCUT2D eigenvalue weighted by Gasteiger charge is 2.26. The number of para-hydroxylation sites is 2. The van der Waals surface area contributed by atoms with E-state index in [2.05, 4.69) is 4.99 Å². The zero-order valence-electron chi connectivity index (χ0n) is 7.69. The second-order valence-electron chi connectivity index (χ2n) is 3.35. The van der Waals surface area contributed by atoms with Gasteiger partial charge in [-0.25, -0.2) is 0 Å². The number of amides is 2. The summed E-state index contributed by atoms with van der Waals surface area (Å²) in [6, 6.07) is 7.59. The van der Waals surface area contributed by atoms with E-state index >= 15 is 0 Å². The van der Waals surface area contributed by atoms with Gasteiger partial charge in [0.2, 0.25) is 5.36 Å². The molecule has 0 saturated carbocycles. The minimum atomic E-state index is -0.156. The summed E-state index contributed by atoms with van der Waals surface area (Å²) in [7, 11) is 0. The van der Waals surface area contributed by atoms with Gasteiger partial charge in [-0.1, -0.05) is 12.1 Å². The van der Waals surface area contributed by atoms with Crippen LogP contribution in [0.1, 0.15) is 13.8 Å². The Labute approximate surface area is 76.0 Å². The first-order valence-corrected chi connectivity index (χ1v) is 4.34. The van der Waals surface area contributed by atoms with Gasteiger partial charge in [0.15, 0.2) is 5.36 Å². The number of rotatable bonds is 1. The van der Waals surface area contributed by atoms with Crippen molar-refractivity contribution in [2.24, 2.45) is 4.99 Å². The normalized spacial score (nSPS) is 14.7. The van der Waals surface area contributed by atoms with Gasteiger partial charge in [-0.3, -0.25) is 0 Å². The van der Waals surface area contributed by atoms with Gasteiger partial charge in [0, 0.05) is 4.99 Å². The number of carbonyl (C=O) groups is 1. The summed E-state index contributed by atoms with van der Waals surface area (Å²) in [4.78, 5) is 15.4. The van der Waals surface area contributed by atoms with Crippen molar-refractivity contribution >= 4 is 6.03 Å². The van der Waals surface area contributed by atoms with E-state index in [4.69, 9.17) is 0 Å². The van der Waals surface area contributed by atoms with Crippen molar-refractivity contribution in [1.82, 2.24) is 4.58 Å². The van der Waals surface area contributed by atoms with Crippen LogP contribution < -0.4 is 15.3 Å². The Hall–Kier alpha value is -1.51. The Bertz CT molecular complexity index is 474. The number of fused-ring (bicyclic) bond motifs is 1. The highest BCUT2D eigenvalue weighted by molar-refractivity contribution is 5.78. The fraction of sp³-hybridized carbons (Fsp3) is 0.300. The van der Waals surface area contributed by atoms with Gasteiger partial charge in [0.05, 0.1) is 6.04 Å². The third-order valence-electron chi connectivity index (χ3n) is 2.08. The molecule has 0 unspecified atom stereocenters. The number of carbonyl (C=O) groups excluding carboxylic acids is 1. The highest BCUT2D eigenvalue weighted by Crippen LogP contribution is 1.91. The third-order valence-corrected chi connectivity index (χ3v) is 2.08. The SMILES string of the molecule is CC(C)[N+]1=c2ccccc2=NC1=O.